The van der Waals surface area contributed by atoms with Crippen molar-refractivity contribution in [2.24, 2.45) is 7.05 Å². The van der Waals surface area contributed by atoms with E-state index in [0.29, 0.717) is 5.88 Å². The van der Waals surface area contributed by atoms with E-state index in [1.54, 1.807) is 0 Å². The van der Waals surface area contributed by atoms with Gasteiger partial charge >= 0.3 is 0 Å². The van der Waals surface area contributed by atoms with E-state index in [4.69, 9.17) is 15.6 Å². The molecule has 0 unspecified atom stereocenters. The van der Waals surface area contributed by atoms with Crippen LogP contribution in [0.5, 0.6) is 5.88 Å². The Morgan fingerprint density at radius 1 is 1.53 bits per heavy atom. The fourth-order valence-corrected chi connectivity index (χ4v) is 1.38. The smallest absolute Gasteiger partial charge is 0.228 e. The van der Waals surface area contributed by atoms with Crippen LogP contribution in [-0.2, 0) is 7.05 Å². The summed E-state index contributed by atoms with van der Waals surface area (Å²) in [5.41, 5.74) is 6.26. The van der Waals surface area contributed by atoms with E-state index in [1.807, 2.05) is 23.9 Å². The lowest BCUT2D eigenvalue weighted by Crippen LogP contribution is -2.06. The van der Waals surface area contributed by atoms with Gasteiger partial charge in [0.25, 0.3) is 0 Å². The molecule has 0 aliphatic rings. The second-order valence-corrected chi connectivity index (χ2v) is 3.12. The van der Waals surface area contributed by atoms with E-state index < -0.39 is 0 Å². The van der Waals surface area contributed by atoms with Gasteiger partial charge in [-0.2, -0.15) is 9.97 Å². The van der Waals surface area contributed by atoms with E-state index in [-0.39, 0.29) is 19.2 Å². The number of aromatic nitrogens is 3. The normalized spacial score (nSPS) is 10.8. The van der Waals surface area contributed by atoms with Crippen LogP contribution in [-0.4, -0.2) is 32.9 Å². The van der Waals surface area contributed by atoms with Gasteiger partial charge < -0.3 is 20.1 Å². The first-order chi connectivity index (χ1) is 7.22. The van der Waals surface area contributed by atoms with Gasteiger partial charge in [0.2, 0.25) is 11.8 Å². The summed E-state index contributed by atoms with van der Waals surface area (Å²) in [6.45, 7) is 0.138. The molecule has 0 radical (unpaired) electrons. The van der Waals surface area contributed by atoms with Gasteiger partial charge in [-0.05, 0) is 6.07 Å². The maximum atomic E-state index is 8.67. The van der Waals surface area contributed by atoms with Crippen LogP contribution in [0, 0.1) is 0 Å². The molecule has 3 N–H and O–H groups in total. The van der Waals surface area contributed by atoms with E-state index in [9.17, 15) is 0 Å². The van der Waals surface area contributed by atoms with E-state index in [1.165, 1.54) is 0 Å². The van der Waals surface area contributed by atoms with Crippen LogP contribution in [0.3, 0.4) is 0 Å². The first-order valence-electron chi connectivity index (χ1n) is 4.54. The Hall–Kier alpha value is -1.82. The molecule has 2 heterocycles. The molecule has 2 aromatic heterocycles. The molecule has 6 heteroatoms. The first kappa shape index (κ1) is 9.72. The highest BCUT2D eigenvalue weighted by Gasteiger charge is 2.09. The van der Waals surface area contributed by atoms with Crippen molar-refractivity contribution in [1.29, 1.82) is 0 Å². The number of hydrogen-bond donors (Lipinski definition) is 2. The van der Waals surface area contributed by atoms with Gasteiger partial charge in [-0.15, -0.1) is 0 Å². The lowest BCUT2D eigenvalue weighted by molar-refractivity contribution is 0.198. The number of fused-ring (bicyclic) bond motifs is 1. The van der Waals surface area contributed by atoms with Crippen molar-refractivity contribution in [3.05, 3.63) is 12.3 Å². The predicted molar refractivity (Wildman–Crippen MR) is 55.5 cm³/mol. The molecule has 80 valence electrons. The van der Waals surface area contributed by atoms with Gasteiger partial charge in [-0.1, -0.05) is 0 Å². The molecule has 0 fully saturated rings. The van der Waals surface area contributed by atoms with Crippen molar-refractivity contribution < 1.29 is 9.84 Å². The van der Waals surface area contributed by atoms with Crippen LogP contribution in [0.1, 0.15) is 0 Å². The molecule has 0 atom stereocenters. The number of ether oxygens (including phenoxy) is 1. The van der Waals surface area contributed by atoms with Crippen LogP contribution >= 0.6 is 0 Å². The number of rotatable bonds is 3. The van der Waals surface area contributed by atoms with Crippen molar-refractivity contribution in [3.63, 3.8) is 0 Å². The zero-order chi connectivity index (χ0) is 10.8. The molecule has 0 aliphatic carbocycles. The summed E-state index contributed by atoms with van der Waals surface area (Å²) < 4.78 is 7.10. The SMILES string of the molecule is Cn1ccc2c(OCCO)nc(N)nc21. The summed E-state index contributed by atoms with van der Waals surface area (Å²) >= 11 is 0. The maximum absolute atomic E-state index is 8.67. The molecule has 2 aromatic rings. The highest BCUT2D eigenvalue weighted by atomic mass is 16.5. The van der Waals surface area contributed by atoms with Crippen LogP contribution in [0.4, 0.5) is 5.95 Å². The Morgan fingerprint density at radius 2 is 2.33 bits per heavy atom. The molecule has 0 saturated carbocycles. The molecule has 0 spiro atoms. The fourth-order valence-electron chi connectivity index (χ4n) is 1.38. The molecule has 0 aliphatic heterocycles. The van der Waals surface area contributed by atoms with Gasteiger partial charge in [-0.3, -0.25) is 0 Å². The van der Waals surface area contributed by atoms with Crippen molar-refractivity contribution >= 4 is 17.0 Å². The summed E-state index contributed by atoms with van der Waals surface area (Å²) in [6.07, 6.45) is 1.85. The topological polar surface area (TPSA) is 86.2 Å². The Labute approximate surface area is 86.3 Å². The summed E-state index contributed by atoms with van der Waals surface area (Å²) in [5, 5.41) is 9.46. The number of nitrogens with zero attached hydrogens (tertiary/aromatic N) is 3. The van der Waals surface area contributed by atoms with Crippen LogP contribution < -0.4 is 10.5 Å². The number of aliphatic hydroxyl groups is 1. The summed E-state index contributed by atoms with van der Waals surface area (Å²) in [5.74, 6) is 0.574. The van der Waals surface area contributed by atoms with Crippen molar-refractivity contribution in [1.82, 2.24) is 14.5 Å². The molecule has 2 rings (SSSR count). The second-order valence-electron chi connectivity index (χ2n) is 3.12. The average Bonchev–Trinajstić information content (AvgIpc) is 2.57. The highest BCUT2D eigenvalue weighted by molar-refractivity contribution is 5.82. The standard InChI is InChI=1S/C9H12N4O2/c1-13-3-2-6-7(13)11-9(10)12-8(6)15-5-4-14/h2-3,14H,4-5H2,1H3,(H2,10,11,12). The third-order valence-electron chi connectivity index (χ3n) is 2.04. The molecule has 0 saturated heterocycles. The van der Waals surface area contributed by atoms with Crippen molar-refractivity contribution in [2.45, 2.75) is 0 Å². The summed E-state index contributed by atoms with van der Waals surface area (Å²) in [4.78, 5) is 8.06. The molecular weight excluding hydrogens is 196 g/mol. The van der Waals surface area contributed by atoms with Crippen molar-refractivity contribution in [2.75, 3.05) is 18.9 Å². The third-order valence-corrected chi connectivity index (χ3v) is 2.04. The van der Waals surface area contributed by atoms with Gasteiger partial charge in [0, 0.05) is 13.2 Å². The number of aliphatic hydroxyl groups excluding tert-OH is 1. The molecule has 15 heavy (non-hydrogen) atoms. The minimum absolute atomic E-state index is 0.0573. The highest BCUT2D eigenvalue weighted by Crippen LogP contribution is 2.23. The van der Waals surface area contributed by atoms with Gasteiger partial charge in [0.05, 0.1) is 12.0 Å². The molecular formula is C9H12N4O2. The zero-order valence-electron chi connectivity index (χ0n) is 8.34. The molecule has 0 bridgehead atoms. The Kier molecular flexibility index (Phi) is 2.42. The van der Waals surface area contributed by atoms with Gasteiger partial charge in [0.1, 0.15) is 12.3 Å². The summed E-state index contributed by atoms with van der Waals surface area (Å²) in [6, 6.07) is 1.85. The number of aryl methyl sites for hydroxylation is 1. The predicted octanol–water partition coefficient (Wildman–Crippen LogP) is -0.0784. The van der Waals surface area contributed by atoms with Crippen LogP contribution in [0.25, 0.3) is 11.0 Å². The summed E-state index contributed by atoms with van der Waals surface area (Å²) in [7, 11) is 1.87. The second kappa shape index (κ2) is 3.74. The molecule has 6 nitrogen and oxygen atoms in total. The Bertz CT molecular complexity index is 480. The van der Waals surface area contributed by atoms with E-state index in [0.717, 1.165) is 11.0 Å². The Morgan fingerprint density at radius 3 is 3.07 bits per heavy atom. The van der Waals surface area contributed by atoms with Crippen LogP contribution in [0.15, 0.2) is 12.3 Å². The quantitative estimate of drug-likeness (QED) is 0.736. The fraction of sp³-hybridized carbons (Fsp3) is 0.333. The lowest BCUT2D eigenvalue weighted by Gasteiger charge is -2.05. The Balaban J connectivity index is 2.52. The maximum Gasteiger partial charge on any atom is 0.228 e. The molecule has 0 aromatic carbocycles. The van der Waals surface area contributed by atoms with Gasteiger partial charge in [0.15, 0.2) is 0 Å². The third kappa shape index (κ3) is 1.71. The first-order valence-corrected chi connectivity index (χ1v) is 4.54. The largest absolute Gasteiger partial charge is 0.475 e. The number of nitrogens with two attached hydrogens (primary N) is 1. The lowest BCUT2D eigenvalue weighted by atomic mass is 10.4. The monoisotopic (exact) mass is 208 g/mol. The number of nitrogen functional groups attached to an aromatic ring is 1. The van der Waals surface area contributed by atoms with E-state index in [2.05, 4.69) is 9.97 Å². The number of anilines is 1. The molecule has 0 amide bonds. The minimum Gasteiger partial charge on any atom is -0.475 e. The van der Waals surface area contributed by atoms with E-state index >= 15 is 0 Å². The zero-order valence-corrected chi connectivity index (χ0v) is 8.34. The average molecular weight is 208 g/mol. The minimum atomic E-state index is -0.0573. The van der Waals surface area contributed by atoms with Crippen molar-refractivity contribution in [3.8, 4) is 5.88 Å². The van der Waals surface area contributed by atoms with Crippen LogP contribution in [0.2, 0.25) is 0 Å². The number of hydrogen-bond acceptors (Lipinski definition) is 5. The van der Waals surface area contributed by atoms with Gasteiger partial charge in [-0.25, -0.2) is 0 Å².